The van der Waals surface area contributed by atoms with E-state index in [4.69, 9.17) is 4.74 Å². The molecule has 1 heterocycles. The van der Waals surface area contributed by atoms with Crippen molar-refractivity contribution in [1.29, 1.82) is 0 Å². The fourth-order valence-electron chi connectivity index (χ4n) is 3.23. The van der Waals surface area contributed by atoms with Crippen LogP contribution in [0.25, 0.3) is 21.5 Å². The molecule has 1 unspecified atom stereocenters. The lowest BCUT2D eigenvalue weighted by Gasteiger charge is -2.21. The average molecular weight is 351 g/mol. The molecular formula is C21H21NO4. The highest BCUT2D eigenvalue weighted by atomic mass is 16.5. The number of hydrogen-bond donors (Lipinski definition) is 0. The average Bonchev–Trinajstić information content (AvgIpc) is 2.71. The zero-order valence-corrected chi connectivity index (χ0v) is 15.1. The Morgan fingerprint density at radius 3 is 1.69 bits per heavy atom. The van der Waals surface area contributed by atoms with Crippen LogP contribution in [0, 0.1) is 5.92 Å². The van der Waals surface area contributed by atoms with Gasteiger partial charge in [0.1, 0.15) is 6.61 Å². The van der Waals surface area contributed by atoms with Gasteiger partial charge in [-0.2, -0.15) is 0 Å². The second-order valence-corrected chi connectivity index (χ2v) is 6.69. The predicted molar refractivity (Wildman–Crippen MR) is 102 cm³/mol. The second kappa shape index (κ2) is 7.12. The van der Waals surface area contributed by atoms with Crippen LogP contribution >= 0.6 is 0 Å². The number of nitrogens with zero attached hydrogens (tertiary/aromatic N) is 1. The Balaban J connectivity index is 2.46. The maximum atomic E-state index is 13.3. The summed E-state index contributed by atoms with van der Waals surface area (Å²) in [4.78, 5) is 37.8. The third-order valence-electron chi connectivity index (χ3n) is 4.60. The minimum absolute atomic E-state index is 0.0190. The van der Waals surface area contributed by atoms with Crippen molar-refractivity contribution in [3.63, 3.8) is 0 Å². The largest absolute Gasteiger partial charge is 0.464 e. The molecule has 2 aromatic carbocycles. The highest BCUT2D eigenvalue weighted by Crippen LogP contribution is 2.22. The topological polar surface area (TPSA) is 65.4 Å². The minimum atomic E-state index is -0.543. The van der Waals surface area contributed by atoms with Crippen molar-refractivity contribution >= 4 is 27.5 Å². The number of hydrogen-bond acceptors (Lipinski definition) is 4. The van der Waals surface area contributed by atoms with Gasteiger partial charge in [-0.1, -0.05) is 50.2 Å². The van der Waals surface area contributed by atoms with Crippen molar-refractivity contribution in [3.8, 4) is 0 Å². The summed E-state index contributed by atoms with van der Waals surface area (Å²) < 4.78 is 6.40. The third-order valence-corrected chi connectivity index (χ3v) is 4.60. The highest BCUT2D eigenvalue weighted by molar-refractivity contribution is 6.05. The van der Waals surface area contributed by atoms with Gasteiger partial charge in [0.15, 0.2) is 0 Å². The van der Waals surface area contributed by atoms with E-state index in [1.165, 1.54) is 11.5 Å². The van der Waals surface area contributed by atoms with Gasteiger partial charge in [-0.15, -0.1) is 0 Å². The minimum Gasteiger partial charge on any atom is -0.464 e. The summed E-state index contributed by atoms with van der Waals surface area (Å²) >= 11 is 0. The van der Waals surface area contributed by atoms with Gasteiger partial charge in [0, 0.05) is 17.7 Å². The summed E-state index contributed by atoms with van der Waals surface area (Å²) in [6, 6.07) is 13.9. The van der Waals surface area contributed by atoms with E-state index in [-0.39, 0.29) is 23.6 Å². The van der Waals surface area contributed by atoms with Crippen molar-refractivity contribution in [2.75, 3.05) is 6.61 Å². The van der Waals surface area contributed by atoms with Gasteiger partial charge >= 0.3 is 5.97 Å². The number of benzene rings is 2. The van der Waals surface area contributed by atoms with E-state index in [9.17, 15) is 14.4 Å². The van der Waals surface area contributed by atoms with Crippen molar-refractivity contribution < 1.29 is 9.53 Å². The molecule has 0 amide bonds. The van der Waals surface area contributed by atoms with Crippen LogP contribution in [-0.4, -0.2) is 17.1 Å². The molecular weight excluding hydrogens is 330 g/mol. The molecule has 26 heavy (non-hydrogen) atoms. The SMILES string of the molecule is CC(=O)OCC(C(C)C)n1c(=O)c2ccccc2c2ccccc2c1=O. The molecule has 0 N–H and O–H groups in total. The molecule has 3 aromatic rings. The molecule has 1 atom stereocenters. The van der Waals surface area contributed by atoms with Gasteiger partial charge in [0.05, 0.1) is 6.04 Å². The second-order valence-electron chi connectivity index (χ2n) is 6.69. The molecule has 0 aliphatic heterocycles. The van der Waals surface area contributed by atoms with E-state index in [2.05, 4.69) is 0 Å². The summed E-state index contributed by atoms with van der Waals surface area (Å²) in [7, 11) is 0. The fourth-order valence-corrected chi connectivity index (χ4v) is 3.23. The molecule has 0 bridgehead atoms. The maximum Gasteiger partial charge on any atom is 0.302 e. The molecule has 0 aliphatic rings. The number of aromatic nitrogens is 1. The van der Waals surface area contributed by atoms with E-state index in [0.717, 1.165) is 10.8 Å². The first-order valence-electron chi connectivity index (χ1n) is 8.61. The number of ether oxygens (including phenoxy) is 1. The standard InChI is InChI=1S/C21H21NO4/c1-13(2)19(12-26-14(3)23)22-20(24)17-10-6-4-8-15(17)16-9-5-7-11-18(16)21(22)25/h4-11,13,19H,12H2,1-3H3. The van der Waals surface area contributed by atoms with E-state index < -0.39 is 12.0 Å². The number of fused-ring (bicyclic) bond motifs is 3. The van der Waals surface area contributed by atoms with E-state index in [1.807, 2.05) is 38.1 Å². The van der Waals surface area contributed by atoms with Crippen molar-refractivity contribution in [3.05, 3.63) is 69.2 Å². The Hall–Kier alpha value is -2.95. The lowest BCUT2D eigenvalue weighted by Crippen LogP contribution is -2.38. The van der Waals surface area contributed by atoms with Crippen LogP contribution < -0.4 is 11.1 Å². The molecule has 0 fully saturated rings. The molecule has 5 nitrogen and oxygen atoms in total. The first-order valence-corrected chi connectivity index (χ1v) is 8.61. The zero-order valence-electron chi connectivity index (χ0n) is 15.1. The first kappa shape index (κ1) is 17.9. The van der Waals surface area contributed by atoms with Crippen molar-refractivity contribution in [2.45, 2.75) is 26.8 Å². The van der Waals surface area contributed by atoms with Gasteiger partial charge < -0.3 is 4.74 Å². The number of carbonyl (C=O) groups is 1. The number of carbonyl (C=O) groups excluding carboxylic acids is 1. The Labute approximate surface area is 150 Å². The highest BCUT2D eigenvalue weighted by Gasteiger charge is 2.22. The van der Waals surface area contributed by atoms with Crippen LogP contribution in [-0.2, 0) is 9.53 Å². The third kappa shape index (κ3) is 3.12. The normalized spacial score (nSPS) is 12.5. The van der Waals surface area contributed by atoms with Crippen LogP contribution in [0.4, 0.5) is 0 Å². The molecule has 0 aliphatic carbocycles. The van der Waals surface area contributed by atoms with Crippen LogP contribution in [0.5, 0.6) is 0 Å². The molecule has 3 rings (SSSR count). The Morgan fingerprint density at radius 1 is 0.885 bits per heavy atom. The van der Waals surface area contributed by atoms with E-state index in [1.54, 1.807) is 24.3 Å². The van der Waals surface area contributed by atoms with Gasteiger partial charge in [-0.05, 0) is 28.8 Å². The molecule has 0 saturated carbocycles. The lowest BCUT2D eigenvalue weighted by atomic mass is 10.0. The van der Waals surface area contributed by atoms with E-state index >= 15 is 0 Å². The molecule has 0 saturated heterocycles. The summed E-state index contributed by atoms with van der Waals surface area (Å²) in [6.07, 6.45) is 0. The van der Waals surface area contributed by atoms with Crippen molar-refractivity contribution in [2.24, 2.45) is 5.92 Å². The summed E-state index contributed by atoms with van der Waals surface area (Å²) in [6.45, 7) is 5.09. The molecule has 5 heteroatoms. The monoisotopic (exact) mass is 351 g/mol. The van der Waals surface area contributed by atoms with Gasteiger partial charge in [0.25, 0.3) is 11.1 Å². The summed E-state index contributed by atoms with van der Waals surface area (Å²) in [5.74, 6) is -0.508. The smallest absolute Gasteiger partial charge is 0.302 e. The van der Waals surface area contributed by atoms with E-state index in [0.29, 0.717) is 10.8 Å². The zero-order chi connectivity index (χ0) is 18.8. The molecule has 0 radical (unpaired) electrons. The molecule has 1 aromatic heterocycles. The number of rotatable bonds is 4. The molecule has 0 spiro atoms. The Morgan fingerprint density at radius 2 is 1.31 bits per heavy atom. The predicted octanol–water partition coefficient (Wildman–Crippen LogP) is 3.28. The van der Waals surface area contributed by atoms with Crippen LogP contribution in [0.3, 0.4) is 0 Å². The quantitative estimate of drug-likeness (QED) is 0.677. The molecule has 134 valence electrons. The van der Waals surface area contributed by atoms with Gasteiger partial charge in [0.2, 0.25) is 0 Å². The van der Waals surface area contributed by atoms with Crippen LogP contribution in [0.1, 0.15) is 26.8 Å². The Bertz CT molecular complexity index is 1030. The number of esters is 1. The Kier molecular flexibility index (Phi) is 4.89. The summed E-state index contributed by atoms with van der Waals surface area (Å²) in [5, 5.41) is 2.41. The maximum absolute atomic E-state index is 13.3. The fraction of sp³-hybridized carbons (Fsp3) is 0.286. The van der Waals surface area contributed by atoms with Crippen molar-refractivity contribution in [1.82, 2.24) is 4.57 Å². The summed E-state index contributed by atoms with van der Waals surface area (Å²) in [5.41, 5.74) is -0.736. The van der Waals surface area contributed by atoms with Crippen LogP contribution in [0.15, 0.2) is 58.1 Å². The van der Waals surface area contributed by atoms with Gasteiger partial charge in [-0.25, -0.2) is 0 Å². The van der Waals surface area contributed by atoms with Gasteiger partial charge in [-0.3, -0.25) is 19.0 Å². The first-order chi connectivity index (χ1) is 12.4. The van der Waals surface area contributed by atoms with Crippen LogP contribution in [0.2, 0.25) is 0 Å². The lowest BCUT2D eigenvalue weighted by molar-refractivity contribution is -0.142.